The maximum absolute atomic E-state index is 12.2. The third-order valence-electron chi connectivity index (χ3n) is 3.77. The van der Waals surface area contributed by atoms with Crippen LogP contribution in [0.5, 0.6) is 0 Å². The number of primary amides is 1. The quantitative estimate of drug-likeness (QED) is 0.871. The number of anilines is 1. The van der Waals surface area contributed by atoms with Gasteiger partial charge in [0.25, 0.3) is 11.8 Å². The van der Waals surface area contributed by atoms with E-state index < -0.39 is 12.0 Å². The SMILES string of the molecule is C[C@@H]1CC(C(=O)Nc2ccnc(C(N)=O)c2)OC1(C)C. The van der Waals surface area contributed by atoms with Crippen molar-refractivity contribution in [3.05, 3.63) is 24.0 Å². The minimum atomic E-state index is -0.632. The summed E-state index contributed by atoms with van der Waals surface area (Å²) in [5, 5.41) is 2.73. The zero-order valence-electron chi connectivity index (χ0n) is 11.8. The Kier molecular flexibility index (Phi) is 3.76. The highest BCUT2D eigenvalue weighted by Crippen LogP contribution is 2.35. The van der Waals surface area contributed by atoms with Gasteiger partial charge in [0.1, 0.15) is 11.8 Å². The minimum absolute atomic E-state index is 0.115. The van der Waals surface area contributed by atoms with E-state index in [0.717, 1.165) is 0 Å². The molecule has 2 heterocycles. The molecule has 20 heavy (non-hydrogen) atoms. The van der Waals surface area contributed by atoms with E-state index in [0.29, 0.717) is 18.0 Å². The molecule has 6 nitrogen and oxygen atoms in total. The number of nitrogens with zero attached hydrogens (tertiary/aromatic N) is 1. The van der Waals surface area contributed by atoms with E-state index in [2.05, 4.69) is 17.2 Å². The summed E-state index contributed by atoms with van der Waals surface area (Å²) in [6, 6.07) is 3.05. The lowest BCUT2D eigenvalue weighted by atomic mass is 9.92. The lowest BCUT2D eigenvalue weighted by Gasteiger charge is -2.22. The zero-order chi connectivity index (χ0) is 14.9. The number of nitrogens with two attached hydrogens (primary N) is 1. The summed E-state index contributed by atoms with van der Waals surface area (Å²) in [7, 11) is 0. The number of nitrogens with one attached hydrogen (secondary N) is 1. The summed E-state index contributed by atoms with van der Waals surface area (Å²) in [5.74, 6) is -0.547. The Morgan fingerprint density at radius 2 is 2.20 bits per heavy atom. The smallest absolute Gasteiger partial charge is 0.267 e. The van der Waals surface area contributed by atoms with Crippen molar-refractivity contribution in [1.82, 2.24) is 4.98 Å². The topological polar surface area (TPSA) is 94.3 Å². The maximum atomic E-state index is 12.2. The molecule has 0 aliphatic carbocycles. The number of amides is 2. The molecule has 2 rings (SSSR count). The van der Waals surface area contributed by atoms with Gasteiger partial charge in [-0.15, -0.1) is 0 Å². The highest BCUT2D eigenvalue weighted by molar-refractivity contribution is 5.96. The van der Waals surface area contributed by atoms with Crippen LogP contribution in [0.2, 0.25) is 0 Å². The number of carbonyl (C=O) groups excluding carboxylic acids is 2. The second-order valence-electron chi connectivity index (χ2n) is 5.63. The molecule has 0 aromatic carbocycles. The molecule has 0 bridgehead atoms. The Morgan fingerprint density at radius 1 is 1.50 bits per heavy atom. The summed E-state index contributed by atoms with van der Waals surface area (Å²) in [6.07, 6.45) is 1.62. The summed E-state index contributed by atoms with van der Waals surface area (Å²) in [6.45, 7) is 6.01. The Morgan fingerprint density at radius 3 is 2.75 bits per heavy atom. The van der Waals surface area contributed by atoms with E-state index >= 15 is 0 Å². The van der Waals surface area contributed by atoms with Crippen LogP contribution in [-0.2, 0) is 9.53 Å². The van der Waals surface area contributed by atoms with Crippen molar-refractivity contribution < 1.29 is 14.3 Å². The third kappa shape index (κ3) is 2.96. The van der Waals surface area contributed by atoms with Gasteiger partial charge in [-0.2, -0.15) is 0 Å². The normalized spacial score (nSPS) is 24.4. The summed E-state index contributed by atoms with van der Waals surface area (Å²) in [5.41, 5.74) is 5.44. The fourth-order valence-corrected chi connectivity index (χ4v) is 2.16. The van der Waals surface area contributed by atoms with Gasteiger partial charge in [-0.05, 0) is 38.3 Å². The van der Waals surface area contributed by atoms with Gasteiger partial charge in [0.15, 0.2) is 0 Å². The predicted molar refractivity (Wildman–Crippen MR) is 74.1 cm³/mol. The van der Waals surface area contributed by atoms with Gasteiger partial charge in [-0.1, -0.05) is 6.92 Å². The molecular weight excluding hydrogens is 258 g/mol. The third-order valence-corrected chi connectivity index (χ3v) is 3.77. The standard InChI is InChI=1S/C14H19N3O3/c1-8-6-11(20-14(8,2)3)13(19)17-9-4-5-16-10(7-9)12(15)18/h4-5,7-8,11H,6H2,1-3H3,(H2,15,18)(H,16,17,19)/t8-,11?/m1/s1. The van der Waals surface area contributed by atoms with Crippen LogP contribution in [0.15, 0.2) is 18.3 Å². The number of aromatic nitrogens is 1. The monoisotopic (exact) mass is 277 g/mol. The van der Waals surface area contributed by atoms with Crippen LogP contribution in [0.4, 0.5) is 5.69 Å². The highest BCUT2D eigenvalue weighted by atomic mass is 16.5. The zero-order valence-corrected chi connectivity index (χ0v) is 11.8. The van der Waals surface area contributed by atoms with Crippen molar-refractivity contribution in [2.45, 2.75) is 38.9 Å². The first-order chi connectivity index (χ1) is 9.29. The van der Waals surface area contributed by atoms with Crippen LogP contribution in [-0.4, -0.2) is 28.5 Å². The minimum Gasteiger partial charge on any atom is -0.364 e. The lowest BCUT2D eigenvalue weighted by Crippen LogP contribution is -2.31. The number of ether oxygens (including phenoxy) is 1. The van der Waals surface area contributed by atoms with Gasteiger partial charge in [-0.25, -0.2) is 0 Å². The van der Waals surface area contributed by atoms with Crippen LogP contribution >= 0.6 is 0 Å². The highest BCUT2D eigenvalue weighted by Gasteiger charge is 2.41. The number of hydrogen-bond acceptors (Lipinski definition) is 4. The fraction of sp³-hybridized carbons (Fsp3) is 0.500. The number of rotatable bonds is 3. The Balaban J connectivity index is 2.06. The largest absolute Gasteiger partial charge is 0.364 e. The van der Waals surface area contributed by atoms with Crippen molar-refractivity contribution in [2.75, 3.05) is 5.32 Å². The van der Waals surface area contributed by atoms with Crippen molar-refractivity contribution in [1.29, 1.82) is 0 Å². The molecule has 1 aliphatic heterocycles. The molecule has 0 spiro atoms. The molecule has 2 atom stereocenters. The molecule has 1 aromatic heterocycles. The molecule has 1 aromatic rings. The van der Waals surface area contributed by atoms with Crippen molar-refractivity contribution in [3.63, 3.8) is 0 Å². The second kappa shape index (κ2) is 5.20. The molecule has 0 saturated carbocycles. The molecule has 1 unspecified atom stereocenters. The van der Waals surface area contributed by atoms with Gasteiger partial charge in [0.2, 0.25) is 0 Å². The van der Waals surface area contributed by atoms with Crippen LogP contribution in [0.1, 0.15) is 37.7 Å². The molecular formula is C14H19N3O3. The molecule has 1 fully saturated rings. The van der Waals surface area contributed by atoms with Crippen LogP contribution in [0, 0.1) is 5.92 Å². The van der Waals surface area contributed by atoms with Crippen LogP contribution < -0.4 is 11.1 Å². The number of pyridine rings is 1. The van der Waals surface area contributed by atoms with Crippen LogP contribution in [0.25, 0.3) is 0 Å². The Bertz CT molecular complexity index is 542. The number of carbonyl (C=O) groups is 2. The van der Waals surface area contributed by atoms with E-state index in [1.54, 1.807) is 6.07 Å². The average Bonchev–Trinajstić information content (AvgIpc) is 2.64. The molecule has 1 saturated heterocycles. The maximum Gasteiger partial charge on any atom is 0.267 e. The van der Waals surface area contributed by atoms with Crippen molar-refractivity contribution in [2.24, 2.45) is 11.7 Å². The van der Waals surface area contributed by atoms with Gasteiger partial charge in [0.05, 0.1) is 5.60 Å². The molecule has 2 amide bonds. The van der Waals surface area contributed by atoms with Crippen molar-refractivity contribution >= 4 is 17.5 Å². The average molecular weight is 277 g/mol. The first-order valence-corrected chi connectivity index (χ1v) is 6.54. The van der Waals surface area contributed by atoms with E-state index in [-0.39, 0.29) is 17.2 Å². The number of hydrogen-bond donors (Lipinski definition) is 2. The van der Waals surface area contributed by atoms with Crippen molar-refractivity contribution in [3.8, 4) is 0 Å². The van der Waals surface area contributed by atoms with Gasteiger partial charge in [-0.3, -0.25) is 14.6 Å². The summed E-state index contributed by atoms with van der Waals surface area (Å²) >= 11 is 0. The fourth-order valence-electron chi connectivity index (χ4n) is 2.16. The van der Waals surface area contributed by atoms with E-state index in [1.165, 1.54) is 12.3 Å². The van der Waals surface area contributed by atoms with Gasteiger partial charge in [0, 0.05) is 11.9 Å². The molecule has 3 N–H and O–H groups in total. The van der Waals surface area contributed by atoms with Gasteiger partial charge >= 0.3 is 0 Å². The van der Waals surface area contributed by atoms with Gasteiger partial charge < -0.3 is 15.8 Å². The predicted octanol–water partition coefficient (Wildman–Crippen LogP) is 1.32. The second-order valence-corrected chi connectivity index (χ2v) is 5.63. The lowest BCUT2D eigenvalue weighted by molar-refractivity contribution is -0.130. The molecule has 1 aliphatic rings. The van der Waals surface area contributed by atoms with E-state index in [9.17, 15) is 9.59 Å². The first kappa shape index (κ1) is 14.5. The Hall–Kier alpha value is -1.95. The molecule has 6 heteroatoms. The molecule has 108 valence electrons. The molecule has 0 radical (unpaired) electrons. The summed E-state index contributed by atoms with van der Waals surface area (Å²) < 4.78 is 5.75. The van der Waals surface area contributed by atoms with E-state index in [4.69, 9.17) is 10.5 Å². The first-order valence-electron chi connectivity index (χ1n) is 6.54. The van der Waals surface area contributed by atoms with E-state index in [1.807, 2.05) is 13.8 Å². The van der Waals surface area contributed by atoms with Crippen LogP contribution in [0.3, 0.4) is 0 Å². The summed E-state index contributed by atoms with van der Waals surface area (Å²) in [4.78, 5) is 27.0. The Labute approximate surface area is 117 Å².